The standard InChI is InChI=1S/C14H12INO2/c15-12-7-14-13(17-9-18-14)6-10(12)8-16-11-4-2-1-3-5-11/h1-7,16H,8-9H2. The van der Waals surface area contributed by atoms with Gasteiger partial charge in [-0.05, 0) is 52.4 Å². The number of benzene rings is 2. The molecule has 1 N–H and O–H groups in total. The maximum Gasteiger partial charge on any atom is 0.231 e. The highest BCUT2D eigenvalue weighted by Gasteiger charge is 2.15. The average Bonchev–Trinajstić information content (AvgIpc) is 2.84. The molecule has 0 radical (unpaired) electrons. The van der Waals surface area contributed by atoms with Gasteiger partial charge in [0.2, 0.25) is 6.79 Å². The molecule has 3 nitrogen and oxygen atoms in total. The second kappa shape index (κ2) is 5.06. The molecule has 0 saturated heterocycles. The van der Waals surface area contributed by atoms with Gasteiger partial charge < -0.3 is 14.8 Å². The van der Waals surface area contributed by atoms with Crippen LogP contribution in [0.15, 0.2) is 42.5 Å². The van der Waals surface area contributed by atoms with Crippen molar-refractivity contribution in [2.45, 2.75) is 6.54 Å². The summed E-state index contributed by atoms with van der Waals surface area (Å²) < 4.78 is 11.9. The van der Waals surface area contributed by atoms with Crippen LogP contribution < -0.4 is 14.8 Å². The van der Waals surface area contributed by atoms with E-state index in [0.29, 0.717) is 6.79 Å². The van der Waals surface area contributed by atoms with Crippen molar-refractivity contribution in [3.63, 3.8) is 0 Å². The van der Waals surface area contributed by atoms with E-state index in [1.807, 2.05) is 30.3 Å². The van der Waals surface area contributed by atoms with Crippen LogP contribution in [0.3, 0.4) is 0 Å². The number of para-hydroxylation sites is 1. The van der Waals surface area contributed by atoms with Crippen molar-refractivity contribution in [2.24, 2.45) is 0 Å². The van der Waals surface area contributed by atoms with Crippen LogP contribution in [0.5, 0.6) is 11.5 Å². The Kier molecular flexibility index (Phi) is 3.27. The van der Waals surface area contributed by atoms with Crippen molar-refractivity contribution < 1.29 is 9.47 Å². The monoisotopic (exact) mass is 353 g/mol. The number of hydrogen-bond acceptors (Lipinski definition) is 3. The SMILES string of the molecule is Ic1cc2c(cc1CNc1ccccc1)OCO2. The summed E-state index contributed by atoms with van der Waals surface area (Å²) in [5, 5.41) is 3.39. The second-order valence-electron chi connectivity index (χ2n) is 4.02. The lowest BCUT2D eigenvalue weighted by molar-refractivity contribution is 0.174. The number of halogens is 1. The molecule has 0 fully saturated rings. The maximum atomic E-state index is 5.39. The van der Waals surface area contributed by atoms with E-state index in [4.69, 9.17) is 9.47 Å². The van der Waals surface area contributed by atoms with Crippen molar-refractivity contribution >= 4 is 28.3 Å². The first kappa shape index (κ1) is 11.6. The van der Waals surface area contributed by atoms with Gasteiger partial charge in [-0.25, -0.2) is 0 Å². The summed E-state index contributed by atoms with van der Waals surface area (Å²) >= 11 is 2.32. The van der Waals surface area contributed by atoms with Gasteiger partial charge in [0.25, 0.3) is 0 Å². The van der Waals surface area contributed by atoms with Gasteiger partial charge in [0.05, 0.1) is 0 Å². The van der Waals surface area contributed by atoms with Crippen LogP contribution in [0.4, 0.5) is 5.69 Å². The molecule has 0 bridgehead atoms. The molecule has 0 saturated carbocycles. The van der Waals surface area contributed by atoms with Crippen LogP contribution >= 0.6 is 22.6 Å². The zero-order valence-electron chi connectivity index (χ0n) is 9.65. The smallest absolute Gasteiger partial charge is 0.231 e. The molecule has 3 rings (SSSR count). The maximum absolute atomic E-state index is 5.39. The predicted molar refractivity (Wildman–Crippen MR) is 79.1 cm³/mol. The van der Waals surface area contributed by atoms with E-state index in [-0.39, 0.29) is 0 Å². The summed E-state index contributed by atoms with van der Waals surface area (Å²) in [6.07, 6.45) is 0. The minimum atomic E-state index is 0.320. The lowest BCUT2D eigenvalue weighted by atomic mass is 10.2. The molecule has 4 heteroatoms. The number of anilines is 1. The van der Waals surface area contributed by atoms with Crippen molar-refractivity contribution in [2.75, 3.05) is 12.1 Å². The number of rotatable bonds is 3. The fourth-order valence-corrected chi connectivity index (χ4v) is 2.48. The molecule has 1 aliphatic heterocycles. The molecule has 0 unspecified atom stereocenters. The van der Waals surface area contributed by atoms with E-state index in [9.17, 15) is 0 Å². The summed E-state index contributed by atoms with van der Waals surface area (Å²) in [6.45, 7) is 1.10. The van der Waals surface area contributed by atoms with E-state index in [1.54, 1.807) is 0 Å². The molecule has 0 amide bonds. The van der Waals surface area contributed by atoms with Crippen LogP contribution in [0.25, 0.3) is 0 Å². The zero-order chi connectivity index (χ0) is 12.4. The first-order valence-corrected chi connectivity index (χ1v) is 6.78. The molecular formula is C14H12INO2. The van der Waals surface area contributed by atoms with Crippen molar-refractivity contribution in [3.05, 3.63) is 51.6 Å². The van der Waals surface area contributed by atoms with Gasteiger partial charge in [0.15, 0.2) is 11.5 Å². The van der Waals surface area contributed by atoms with E-state index in [2.05, 4.69) is 40.0 Å². The molecule has 1 heterocycles. The van der Waals surface area contributed by atoms with Gasteiger partial charge in [-0.3, -0.25) is 0 Å². The third kappa shape index (κ3) is 2.38. The summed E-state index contributed by atoms with van der Waals surface area (Å²) in [5.41, 5.74) is 2.33. The lowest BCUT2D eigenvalue weighted by Gasteiger charge is -2.09. The number of hydrogen-bond donors (Lipinski definition) is 1. The number of ether oxygens (including phenoxy) is 2. The molecule has 0 aromatic heterocycles. The largest absolute Gasteiger partial charge is 0.454 e. The van der Waals surface area contributed by atoms with Crippen molar-refractivity contribution in [3.8, 4) is 11.5 Å². The molecular weight excluding hydrogens is 341 g/mol. The Labute approximate surface area is 119 Å². The number of nitrogens with one attached hydrogen (secondary N) is 1. The van der Waals surface area contributed by atoms with Gasteiger partial charge in [0, 0.05) is 15.8 Å². The molecule has 1 aliphatic rings. The first-order valence-electron chi connectivity index (χ1n) is 5.70. The van der Waals surface area contributed by atoms with Crippen LogP contribution in [-0.2, 0) is 6.54 Å². The molecule has 2 aromatic rings. The Hall–Kier alpha value is -1.43. The van der Waals surface area contributed by atoms with Crippen molar-refractivity contribution in [1.29, 1.82) is 0 Å². The summed E-state index contributed by atoms with van der Waals surface area (Å²) in [5.74, 6) is 1.67. The van der Waals surface area contributed by atoms with Crippen LogP contribution in [0.1, 0.15) is 5.56 Å². The molecule has 18 heavy (non-hydrogen) atoms. The van der Waals surface area contributed by atoms with Gasteiger partial charge in [-0.2, -0.15) is 0 Å². The summed E-state index contributed by atoms with van der Waals surface area (Å²) in [7, 11) is 0. The Balaban J connectivity index is 1.77. The van der Waals surface area contributed by atoms with E-state index >= 15 is 0 Å². The lowest BCUT2D eigenvalue weighted by Crippen LogP contribution is -2.01. The van der Waals surface area contributed by atoms with Crippen molar-refractivity contribution in [1.82, 2.24) is 0 Å². The van der Waals surface area contributed by atoms with Crippen LogP contribution in [0, 0.1) is 3.57 Å². The normalized spacial score (nSPS) is 12.5. The third-order valence-electron chi connectivity index (χ3n) is 2.80. The van der Waals surface area contributed by atoms with Gasteiger partial charge in [-0.1, -0.05) is 18.2 Å². The van der Waals surface area contributed by atoms with E-state index in [0.717, 1.165) is 23.7 Å². The highest BCUT2D eigenvalue weighted by atomic mass is 127. The molecule has 2 aromatic carbocycles. The summed E-state index contributed by atoms with van der Waals surface area (Å²) in [6, 6.07) is 14.2. The third-order valence-corrected chi connectivity index (χ3v) is 3.80. The Morgan fingerprint density at radius 3 is 2.56 bits per heavy atom. The second-order valence-corrected chi connectivity index (χ2v) is 5.18. The van der Waals surface area contributed by atoms with Crippen LogP contribution in [-0.4, -0.2) is 6.79 Å². The molecule has 92 valence electrons. The minimum Gasteiger partial charge on any atom is -0.454 e. The van der Waals surface area contributed by atoms with Gasteiger partial charge in [0.1, 0.15) is 0 Å². The highest BCUT2D eigenvalue weighted by Crippen LogP contribution is 2.35. The van der Waals surface area contributed by atoms with Gasteiger partial charge in [-0.15, -0.1) is 0 Å². The Bertz CT molecular complexity index is 557. The zero-order valence-corrected chi connectivity index (χ0v) is 11.8. The quantitative estimate of drug-likeness (QED) is 0.855. The minimum absolute atomic E-state index is 0.320. The fraction of sp³-hybridized carbons (Fsp3) is 0.143. The van der Waals surface area contributed by atoms with Crippen LogP contribution in [0.2, 0.25) is 0 Å². The fourth-order valence-electron chi connectivity index (χ4n) is 1.85. The summed E-state index contributed by atoms with van der Waals surface area (Å²) in [4.78, 5) is 0. The van der Waals surface area contributed by atoms with E-state index in [1.165, 1.54) is 9.13 Å². The highest BCUT2D eigenvalue weighted by molar-refractivity contribution is 14.1. The van der Waals surface area contributed by atoms with Gasteiger partial charge >= 0.3 is 0 Å². The average molecular weight is 353 g/mol. The topological polar surface area (TPSA) is 30.5 Å². The predicted octanol–water partition coefficient (Wildman–Crippen LogP) is 3.63. The Morgan fingerprint density at radius 1 is 1.06 bits per heavy atom. The molecule has 0 atom stereocenters. The molecule has 0 aliphatic carbocycles. The first-order chi connectivity index (χ1) is 8.83. The number of fused-ring (bicyclic) bond motifs is 1. The Morgan fingerprint density at radius 2 is 1.78 bits per heavy atom. The molecule has 0 spiro atoms. The van der Waals surface area contributed by atoms with E-state index < -0.39 is 0 Å².